The second-order valence-corrected chi connectivity index (χ2v) is 6.86. The van der Waals surface area contributed by atoms with E-state index in [2.05, 4.69) is 10.3 Å². The monoisotopic (exact) mass is 343 g/mol. The van der Waals surface area contributed by atoms with Crippen molar-refractivity contribution in [2.75, 3.05) is 6.61 Å². The molecule has 0 saturated carbocycles. The average molecular weight is 343 g/mol. The lowest BCUT2D eigenvalue weighted by molar-refractivity contribution is -0.145. The van der Waals surface area contributed by atoms with E-state index in [1.165, 1.54) is 11.3 Å². The molecule has 0 aliphatic rings. The maximum absolute atomic E-state index is 12.5. The molecule has 7 heteroatoms. The van der Waals surface area contributed by atoms with Crippen molar-refractivity contribution in [3.05, 3.63) is 46.8 Å². The second-order valence-electron chi connectivity index (χ2n) is 5.82. The number of nitrogens with zero attached hydrogens (tertiary/aromatic N) is 3. The van der Waals surface area contributed by atoms with Gasteiger partial charge in [-0.05, 0) is 17.5 Å². The summed E-state index contributed by atoms with van der Waals surface area (Å²) in [6.45, 7) is 3.98. The highest BCUT2D eigenvalue weighted by Gasteiger charge is 2.14. The van der Waals surface area contributed by atoms with Crippen molar-refractivity contribution >= 4 is 27.5 Å². The van der Waals surface area contributed by atoms with Crippen LogP contribution in [0.5, 0.6) is 0 Å². The van der Waals surface area contributed by atoms with Crippen LogP contribution in [0.4, 0.5) is 0 Å². The molecule has 0 unspecified atom stereocenters. The molecule has 6 nitrogen and oxygen atoms in total. The normalized spacial score (nSPS) is 11.1. The number of fused-ring (bicyclic) bond motifs is 1. The Kier molecular flexibility index (Phi) is 4.71. The minimum Gasteiger partial charge on any atom is -0.464 e. The molecule has 0 atom stereocenters. The van der Waals surface area contributed by atoms with Gasteiger partial charge < -0.3 is 4.74 Å². The van der Waals surface area contributed by atoms with Crippen molar-refractivity contribution < 1.29 is 9.53 Å². The number of rotatable bonds is 5. The molecule has 0 aliphatic heterocycles. The van der Waals surface area contributed by atoms with Gasteiger partial charge in [-0.2, -0.15) is 4.68 Å². The van der Waals surface area contributed by atoms with Gasteiger partial charge in [-0.15, -0.1) is 16.4 Å². The molecule has 0 N–H and O–H groups in total. The fraction of sp³-hybridized carbons (Fsp3) is 0.294. The number of aromatic nitrogens is 3. The smallest absolute Gasteiger partial charge is 0.327 e. The minimum absolute atomic E-state index is 0.231. The van der Waals surface area contributed by atoms with Crippen LogP contribution in [-0.4, -0.2) is 27.6 Å². The summed E-state index contributed by atoms with van der Waals surface area (Å²) in [6.07, 6.45) is 0. The van der Waals surface area contributed by atoms with E-state index >= 15 is 0 Å². The van der Waals surface area contributed by atoms with Crippen LogP contribution in [0.3, 0.4) is 0 Å². The summed E-state index contributed by atoms with van der Waals surface area (Å²) in [7, 11) is 0. The van der Waals surface area contributed by atoms with E-state index in [0.717, 1.165) is 15.1 Å². The first-order chi connectivity index (χ1) is 11.5. The molecule has 2 heterocycles. The Labute approximate surface area is 142 Å². The van der Waals surface area contributed by atoms with Gasteiger partial charge in [0.1, 0.15) is 6.54 Å². The van der Waals surface area contributed by atoms with Crippen molar-refractivity contribution in [1.82, 2.24) is 15.0 Å². The van der Waals surface area contributed by atoms with Gasteiger partial charge in [0.2, 0.25) is 0 Å². The van der Waals surface area contributed by atoms with Crippen LogP contribution in [0.25, 0.3) is 20.7 Å². The van der Waals surface area contributed by atoms with Crippen LogP contribution in [-0.2, 0) is 16.1 Å². The Balaban J connectivity index is 1.88. The number of carbonyl (C=O) groups excluding carboxylic acids is 1. The third kappa shape index (κ3) is 3.51. The van der Waals surface area contributed by atoms with Crippen molar-refractivity contribution in [2.24, 2.45) is 5.92 Å². The number of ether oxygens (including phenoxy) is 1. The zero-order chi connectivity index (χ0) is 17.1. The summed E-state index contributed by atoms with van der Waals surface area (Å²) >= 11 is 1.40. The molecule has 0 aliphatic carbocycles. The van der Waals surface area contributed by atoms with Gasteiger partial charge in [0.25, 0.3) is 5.56 Å². The van der Waals surface area contributed by atoms with Crippen molar-refractivity contribution in [3.8, 4) is 10.4 Å². The van der Waals surface area contributed by atoms with E-state index < -0.39 is 5.97 Å². The SMILES string of the molecule is CC(C)COC(=O)Cn1nnc2sc(-c3ccccc3)cc2c1=O. The van der Waals surface area contributed by atoms with Crippen LogP contribution >= 0.6 is 11.3 Å². The highest BCUT2D eigenvalue weighted by molar-refractivity contribution is 7.21. The lowest BCUT2D eigenvalue weighted by Crippen LogP contribution is -2.28. The number of esters is 1. The van der Waals surface area contributed by atoms with Crippen molar-refractivity contribution in [2.45, 2.75) is 20.4 Å². The molecule has 124 valence electrons. The molecule has 0 spiro atoms. The molecular weight excluding hydrogens is 326 g/mol. The molecule has 3 aromatic rings. The van der Waals surface area contributed by atoms with E-state index in [0.29, 0.717) is 16.8 Å². The molecule has 0 amide bonds. The number of hydrogen-bond donors (Lipinski definition) is 0. The molecular formula is C17H17N3O3S. The number of hydrogen-bond acceptors (Lipinski definition) is 6. The van der Waals surface area contributed by atoms with Crippen molar-refractivity contribution in [1.29, 1.82) is 0 Å². The molecule has 0 radical (unpaired) electrons. The number of carbonyl (C=O) groups is 1. The summed E-state index contributed by atoms with van der Waals surface area (Å²) in [6, 6.07) is 11.6. The summed E-state index contributed by atoms with van der Waals surface area (Å²) in [5.74, 6) is -0.248. The lowest BCUT2D eigenvalue weighted by atomic mass is 10.2. The maximum Gasteiger partial charge on any atom is 0.327 e. The topological polar surface area (TPSA) is 74.1 Å². The summed E-state index contributed by atoms with van der Waals surface area (Å²) in [4.78, 5) is 25.8. The zero-order valence-corrected chi connectivity index (χ0v) is 14.2. The molecule has 2 aromatic heterocycles. The predicted octanol–water partition coefficient (Wildman–Crippen LogP) is 2.72. The first-order valence-corrected chi connectivity index (χ1v) is 8.44. The first-order valence-electron chi connectivity index (χ1n) is 7.63. The summed E-state index contributed by atoms with van der Waals surface area (Å²) in [5.41, 5.74) is 0.683. The van der Waals surface area contributed by atoms with Gasteiger partial charge in [-0.3, -0.25) is 9.59 Å². The van der Waals surface area contributed by atoms with Crippen LogP contribution in [0.15, 0.2) is 41.2 Å². The van der Waals surface area contributed by atoms with Gasteiger partial charge in [-0.1, -0.05) is 49.4 Å². The van der Waals surface area contributed by atoms with E-state index in [-0.39, 0.29) is 18.0 Å². The summed E-state index contributed by atoms with van der Waals surface area (Å²) < 4.78 is 6.13. The standard InChI is InChI=1S/C17H17N3O3S/c1-11(2)10-23-15(21)9-20-17(22)13-8-14(24-16(13)18-19-20)12-6-4-3-5-7-12/h3-8,11H,9-10H2,1-2H3. The Morgan fingerprint density at radius 2 is 2.04 bits per heavy atom. The largest absolute Gasteiger partial charge is 0.464 e. The van der Waals surface area contributed by atoms with Gasteiger partial charge in [0, 0.05) is 4.88 Å². The molecule has 0 fully saturated rings. The number of thiophene rings is 1. The fourth-order valence-electron chi connectivity index (χ4n) is 2.16. The molecule has 0 bridgehead atoms. The molecule has 0 saturated heterocycles. The van der Waals surface area contributed by atoms with E-state index in [4.69, 9.17) is 4.74 Å². The molecule has 24 heavy (non-hydrogen) atoms. The highest BCUT2D eigenvalue weighted by atomic mass is 32.1. The van der Waals surface area contributed by atoms with Gasteiger partial charge in [0.05, 0.1) is 12.0 Å². The lowest BCUT2D eigenvalue weighted by Gasteiger charge is -2.07. The third-order valence-corrected chi connectivity index (χ3v) is 4.40. The Morgan fingerprint density at radius 1 is 1.29 bits per heavy atom. The zero-order valence-electron chi connectivity index (χ0n) is 13.4. The highest BCUT2D eigenvalue weighted by Crippen LogP contribution is 2.30. The van der Waals surface area contributed by atoms with E-state index in [1.807, 2.05) is 44.2 Å². The predicted molar refractivity (Wildman–Crippen MR) is 92.9 cm³/mol. The Bertz CT molecular complexity index is 916. The maximum atomic E-state index is 12.5. The van der Waals surface area contributed by atoms with Gasteiger partial charge in [0.15, 0.2) is 4.83 Å². The molecule has 1 aromatic carbocycles. The van der Waals surface area contributed by atoms with Gasteiger partial charge in [-0.25, -0.2) is 0 Å². The van der Waals surface area contributed by atoms with E-state index in [9.17, 15) is 9.59 Å². The molecule has 3 rings (SSSR count). The number of benzene rings is 1. The van der Waals surface area contributed by atoms with Crippen LogP contribution in [0.2, 0.25) is 0 Å². The quantitative estimate of drug-likeness (QED) is 0.666. The van der Waals surface area contributed by atoms with Crippen LogP contribution < -0.4 is 5.56 Å². The Hall–Kier alpha value is -2.54. The van der Waals surface area contributed by atoms with Crippen LogP contribution in [0, 0.1) is 5.92 Å². The van der Waals surface area contributed by atoms with E-state index in [1.54, 1.807) is 6.07 Å². The second kappa shape index (κ2) is 6.92. The first kappa shape index (κ1) is 16.3. The van der Waals surface area contributed by atoms with Crippen LogP contribution in [0.1, 0.15) is 13.8 Å². The van der Waals surface area contributed by atoms with Gasteiger partial charge >= 0.3 is 5.97 Å². The minimum atomic E-state index is -0.488. The Morgan fingerprint density at radius 3 is 2.75 bits per heavy atom. The average Bonchev–Trinajstić information content (AvgIpc) is 3.01. The van der Waals surface area contributed by atoms with Crippen molar-refractivity contribution in [3.63, 3.8) is 0 Å². The third-order valence-electron chi connectivity index (χ3n) is 3.34. The summed E-state index contributed by atoms with van der Waals surface area (Å²) in [5, 5.41) is 8.37. The fourth-order valence-corrected chi connectivity index (χ4v) is 3.13.